The summed E-state index contributed by atoms with van der Waals surface area (Å²) >= 11 is 2.68. The van der Waals surface area contributed by atoms with E-state index >= 15 is 0 Å². The van der Waals surface area contributed by atoms with Gasteiger partial charge in [-0.15, -0.1) is 22.7 Å². The monoisotopic (exact) mass is 371 g/mol. The summed E-state index contributed by atoms with van der Waals surface area (Å²) in [7, 11) is 1.34. The molecule has 4 nitrogen and oxygen atoms in total. The molecular formula is C19H17NO3S2. The van der Waals surface area contributed by atoms with Gasteiger partial charge in [-0.05, 0) is 29.0 Å². The molecule has 0 aliphatic rings. The van der Waals surface area contributed by atoms with Gasteiger partial charge in [0.25, 0.3) is 5.91 Å². The van der Waals surface area contributed by atoms with Crippen LogP contribution in [0.2, 0.25) is 0 Å². The van der Waals surface area contributed by atoms with Crippen molar-refractivity contribution in [1.29, 1.82) is 0 Å². The van der Waals surface area contributed by atoms with Gasteiger partial charge in [0, 0.05) is 10.9 Å². The molecule has 1 amide bonds. The minimum atomic E-state index is -0.461. The van der Waals surface area contributed by atoms with Crippen LogP contribution in [0, 0.1) is 0 Å². The Morgan fingerprint density at radius 3 is 2.48 bits per heavy atom. The third kappa shape index (κ3) is 3.65. The SMILES string of the molecule is CCc1ccc(-c2csc(NC(=O)c3cccs3)c2C(=O)OC)cc1. The molecule has 0 aliphatic heterocycles. The van der Waals surface area contributed by atoms with E-state index in [1.807, 2.05) is 41.1 Å². The van der Waals surface area contributed by atoms with E-state index in [9.17, 15) is 9.59 Å². The van der Waals surface area contributed by atoms with Crippen molar-refractivity contribution in [2.45, 2.75) is 13.3 Å². The van der Waals surface area contributed by atoms with E-state index in [1.54, 1.807) is 6.07 Å². The minimum Gasteiger partial charge on any atom is -0.465 e. The predicted molar refractivity (Wildman–Crippen MR) is 103 cm³/mol. The van der Waals surface area contributed by atoms with E-state index in [2.05, 4.69) is 12.2 Å². The molecule has 3 aromatic rings. The maximum absolute atomic E-state index is 12.3. The Labute approximate surface area is 154 Å². The third-order valence-electron chi connectivity index (χ3n) is 3.83. The number of carbonyl (C=O) groups excluding carboxylic acids is 2. The Balaban J connectivity index is 1.97. The molecule has 0 bridgehead atoms. The van der Waals surface area contributed by atoms with Crippen LogP contribution in [0.5, 0.6) is 0 Å². The molecule has 2 heterocycles. The molecule has 0 saturated heterocycles. The van der Waals surface area contributed by atoms with Gasteiger partial charge in [-0.25, -0.2) is 4.79 Å². The first-order valence-corrected chi connectivity index (χ1v) is 9.54. The second-order valence-corrected chi connectivity index (χ2v) is 7.15. The maximum atomic E-state index is 12.3. The van der Waals surface area contributed by atoms with Crippen LogP contribution in [-0.2, 0) is 11.2 Å². The molecule has 0 unspecified atom stereocenters. The highest BCUT2D eigenvalue weighted by Gasteiger charge is 2.22. The first-order chi connectivity index (χ1) is 12.1. The quantitative estimate of drug-likeness (QED) is 0.637. The number of esters is 1. The summed E-state index contributed by atoms with van der Waals surface area (Å²) in [5.41, 5.74) is 3.30. The average molecular weight is 371 g/mol. The molecule has 1 N–H and O–H groups in total. The van der Waals surface area contributed by atoms with Crippen molar-refractivity contribution >= 4 is 39.6 Å². The zero-order chi connectivity index (χ0) is 17.8. The van der Waals surface area contributed by atoms with Gasteiger partial charge in [0.2, 0.25) is 0 Å². The van der Waals surface area contributed by atoms with Crippen LogP contribution in [0.3, 0.4) is 0 Å². The summed E-state index contributed by atoms with van der Waals surface area (Å²) in [6.45, 7) is 2.09. The Kier molecular flexibility index (Phi) is 5.31. The second kappa shape index (κ2) is 7.63. The molecule has 3 rings (SSSR count). The summed E-state index contributed by atoms with van der Waals surface area (Å²) in [5.74, 6) is -0.688. The van der Waals surface area contributed by atoms with Gasteiger partial charge in [0.05, 0.1) is 12.0 Å². The largest absolute Gasteiger partial charge is 0.465 e. The number of hydrogen-bond acceptors (Lipinski definition) is 5. The minimum absolute atomic E-state index is 0.227. The number of methoxy groups -OCH3 is 1. The smallest absolute Gasteiger partial charge is 0.341 e. The Hall–Kier alpha value is -2.44. The van der Waals surface area contributed by atoms with Crippen molar-refractivity contribution in [2.24, 2.45) is 0 Å². The summed E-state index contributed by atoms with van der Waals surface area (Å²) in [6.07, 6.45) is 0.954. The molecule has 1 aromatic carbocycles. The highest BCUT2D eigenvalue weighted by Crippen LogP contribution is 2.36. The third-order valence-corrected chi connectivity index (χ3v) is 5.59. The van der Waals surface area contributed by atoms with Crippen molar-refractivity contribution in [2.75, 3.05) is 12.4 Å². The lowest BCUT2D eigenvalue weighted by Crippen LogP contribution is -2.13. The number of nitrogens with one attached hydrogen (secondary N) is 1. The lowest BCUT2D eigenvalue weighted by atomic mass is 10.0. The fourth-order valence-electron chi connectivity index (χ4n) is 2.46. The Bertz CT molecular complexity index is 880. The molecule has 6 heteroatoms. The summed E-state index contributed by atoms with van der Waals surface area (Å²) in [6, 6.07) is 11.6. The standard InChI is InChI=1S/C19H17NO3S2/c1-3-12-6-8-13(9-7-12)14-11-25-18(16(14)19(22)23-2)20-17(21)15-5-4-10-24-15/h4-11H,3H2,1-2H3,(H,20,21). The van der Waals surface area contributed by atoms with Crippen molar-refractivity contribution in [3.05, 3.63) is 63.2 Å². The number of anilines is 1. The molecule has 0 radical (unpaired) electrons. The van der Waals surface area contributed by atoms with Crippen LogP contribution < -0.4 is 5.32 Å². The summed E-state index contributed by atoms with van der Waals surface area (Å²) in [5, 5.41) is 7.04. The van der Waals surface area contributed by atoms with Crippen molar-refractivity contribution in [3.63, 3.8) is 0 Å². The first-order valence-electron chi connectivity index (χ1n) is 7.78. The number of carbonyl (C=O) groups is 2. The van der Waals surface area contributed by atoms with Crippen LogP contribution >= 0.6 is 22.7 Å². The fourth-order valence-corrected chi connectivity index (χ4v) is 4.03. The lowest BCUT2D eigenvalue weighted by Gasteiger charge is -2.07. The van der Waals surface area contributed by atoms with E-state index in [-0.39, 0.29) is 5.91 Å². The summed E-state index contributed by atoms with van der Waals surface area (Å²) < 4.78 is 4.93. The molecular weight excluding hydrogens is 354 g/mol. The molecule has 128 valence electrons. The number of thiophene rings is 2. The van der Waals surface area contributed by atoms with Gasteiger partial charge >= 0.3 is 5.97 Å². The maximum Gasteiger partial charge on any atom is 0.341 e. The van der Waals surface area contributed by atoms with E-state index in [0.29, 0.717) is 15.4 Å². The van der Waals surface area contributed by atoms with Gasteiger partial charge in [-0.3, -0.25) is 4.79 Å². The van der Waals surface area contributed by atoms with Crippen molar-refractivity contribution < 1.29 is 14.3 Å². The van der Waals surface area contributed by atoms with Crippen LogP contribution in [0.4, 0.5) is 5.00 Å². The molecule has 25 heavy (non-hydrogen) atoms. The zero-order valence-corrected chi connectivity index (χ0v) is 15.5. The zero-order valence-electron chi connectivity index (χ0n) is 13.9. The predicted octanol–water partition coefficient (Wildman–Crippen LogP) is 5.08. The normalized spacial score (nSPS) is 10.5. The average Bonchev–Trinajstić information content (AvgIpc) is 3.31. The summed E-state index contributed by atoms with van der Waals surface area (Å²) in [4.78, 5) is 25.2. The Morgan fingerprint density at radius 2 is 1.88 bits per heavy atom. The fraction of sp³-hybridized carbons (Fsp3) is 0.158. The molecule has 0 spiro atoms. The molecule has 2 aromatic heterocycles. The first kappa shape index (κ1) is 17.4. The highest BCUT2D eigenvalue weighted by atomic mass is 32.1. The number of ether oxygens (including phenoxy) is 1. The highest BCUT2D eigenvalue weighted by molar-refractivity contribution is 7.15. The van der Waals surface area contributed by atoms with Gasteiger partial charge in [-0.2, -0.15) is 0 Å². The Morgan fingerprint density at radius 1 is 1.12 bits per heavy atom. The van der Waals surface area contributed by atoms with E-state index in [4.69, 9.17) is 4.74 Å². The second-order valence-electron chi connectivity index (χ2n) is 5.33. The molecule has 0 aliphatic carbocycles. The number of amides is 1. The number of aryl methyl sites for hydroxylation is 1. The van der Waals surface area contributed by atoms with Crippen LogP contribution in [0.15, 0.2) is 47.2 Å². The van der Waals surface area contributed by atoms with Gasteiger partial charge in [0.1, 0.15) is 10.6 Å². The van der Waals surface area contributed by atoms with Crippen molar-refractivity contribution in [3.8, 4) is 11.1 Å². The van der Waals surface area contributed by atoms with Crippen LogP contribution in [0.25, 0.3) is 11.1 Å². The lowest BCUT2D eigenvalue weighted by molar-refractivity contribution is 0.0603. The van der Waals surface area contributed by atoms with Crippen molar-refractivity contribution in [1.82, 2.24) is 0 Å². The number of hydrogen-bond donors (Lipinski definition) is 1. The van der Waals surface area contributed by atoms with Crippen LogP contribution in [0.1, 0.15) is 32.5 Å². The molecule has 0 atom stereocenters. The van der Waals surface area contributed by atoms with E-state index < -0.39 is 5.97 Å². The van der Waals surface area contributed by atoms with Gasteiger partial charge in [-0.1, -0.05) is 37.3 Å². The topological polar surface area (TPSA) is 55.4 Å². The van der Waals surface area contributed by atoms with Gasteiger partial charge < -0.3 is 10.1 Å². The number of rotatable bonds is 5. The van der Waals surface area contributed by atoms with Gasteiger partial charge in [0.15, 0.2) is 0 Å². The van der Waals surface area contributed by atoms with E-state index in [1.165, 1.54) is 35.3 Å². The molecule has 0 saturated carbocycles. The van der Waals surface area contributed by atoms with E-state index in [0.717, 1.165) is 17.5 Å². The number of benzene rings is 1. The van der Waals surface area contributed by atoms with Crippen LogP contribution in [-0.4, -0.2) is 19.0 Å². The molecule has 0 fully saturated rings.